The zero-order valence-electron chi connectivity index (χ0n) is 22.4. The fraction of sp³-hybridized carbons (Fsp3) is 0.464. The molecule has 0 spiro atoms. The van der Waals surface area contributed by atoms with E-state index in [0.717, 1.165) is 10.4 Å². The second kappa shape index (κ2) is 13.3. The minimum Gasteiger partial charge on any atom is -0.444 e. The zero-order valence-corrected chi connectivity index (χ0v) is 23.4. The highest BCUT2D eigenvalue weighted by Gasteiger charge is 2.46. The van der Waals surface area contributed by atoms with Gasteiger partial charge in [0.2, 0.25) is 11.8 Å². The van der Waals surface area contributed by atoms with E-state index in [2.05, 4.69) is 40.2 Å². The average molecular weight is 512 g/mol. The predicted octanol–water partition coefficient (Wildman–Crippen LogP) is 2.98. The van der Waals surface area contributed by atoms with E-state index in [1.807, 2.05) is 64.1 Å². The summed E-state index contributed by atoms with van der Waals surface area (Å²) in [6.07, 6.45) is 0.833. The molecular weight excluding hydrogens is 470 g/mol. The Morgan fingerprint density at radius 3 is 1.92 bits per heavy atom. The fourth-order valence-corrected chi connectivity index (χ4v) is 10.5. The molecule has 0 saturated heterocycles. The Balaban J connectivity index is 2.48. The standard InChI is InChI=1S/C28H41N3O4Si/c1-21(26(33)29-6)20-36(23-14-9-7-10-15-23,24-16-11-8-12-17-24)25(31-22(2)32)18-13-19-30-27(34)35-28(3,4)5/h7-12,14-17,21,25H,13,18-20H2,1-6H3,(H,29,33)(H,30,34)(H,31,32)/t21-,25-/m1/s1. The van der Waals surface area contributed by atoms with E-state index >= 15 is 0 Å². The van der Waals surface area contributed by atoms with Crippen LogP contribution in [0.4, 0.5) is 4.79 Å². The number of benzene rings is 2. The smallest absolute Gasteiger partial charge is 0.407 e. The highest BCUT2D eigenvalue weighted by Crippen LogP contribution is 2.25. The van der Waals surface area contributed by atoms with Gasteiger partial charge in [-0.2, -0.15) is 0 Å². The molecule has 0 fully saturated rings. The van der Waals surface area contributed by atoms with Crippen molar-refractivity contribution in [1.29, 1.82) is 0 Å². The third-order valence-corrected chi connectivity index (χ3v) is 11.8. The third-order valence-electron chi connectivity index (χ3n) is 6.21. The van der Waals surface area contributed by atoms with Crippen molar-refractivity contribution in [1.82, 2.24) is 16.0 Å². The Bertz CT molecular complexity index is 953. The first kappa shape index (κ1) is 29.1. The molecule has 0 unspecified atom stereocenters. The van der Waals surface area contributed by atoms with Gasteiger partial charge in [0, 0.05) is 32.1 Å². The quantitative estimate of drug-likeness (QED) is 0.319. The van der Waals surface area contributed by atoms with Crippen molar-refractivity contribution >= 4 is 36.4 Å². The highest BCUT2D eigenvalue weighted by molar-refractivity contribution is 7.03. The first-order valence-corrected chi connectivity index (χ1v) is 14.8. The summed E-state index contributed by atoms with van der Waals surface area (Å²) in [6.45, 7) is 9.38. The maximum Gasteiger partial charge on any atom is 0.407 e. The number of alkyl carbamates (subject to hydrolysis) is 1. The molecule has 36 heavy (non-hydrogen) atoms. The van der Waals surface area contributed by atoms with Crippen molar-refractivity contribution in [2.45, 2.75) is 64.8 Å². The molecule has 2 atom stereocenters. The SMILES string of the molecule is CNC(=O)[C@H](C)C[Si](c1ccccc1)(c1ccccc1)[C@H](CCCNC(=O)OC(C)(C)C)NC(C)=O. The minimum absolute atomic E-state index is 0.0214. The lowest BCUT2D eigenvalue weighted by atomic mass is 10.2. The van der Waals surface area contributed by atoms with Crippen molar-refractivity contribution in [2.75, 3.05) is 13.6 Å². The Kier molecular flexibility index (Phi) is 10.7. The topological polar surface area (TPSA) is 96.5 Å². The maximum absolute atomic E-state index is 12.7. The third kappa shape index (κ3) is 8.22. The Labute approximate surface area is 216 Å². The van der Waals surface area contributed by atoms with Crippen LogP contribution in [0.25, 0.3) is 0 Å². The summed E-state index contributed by atoms with van der Waals surface area (Å²) in [5, 5.41) is 11.2. The van der Waals surface area contributed by atoms with Gasteiger partial charge < -0.3 is 20.7 Å². The Hall–Kier alpha value is -3.13. The Morgan fingerprint density at radius 1 is 0.944 bits per heavy atom. The fourth-order valence-electron chi connectivity index (χ4n) is 4.74. The molecule has 0 aromatic heterocycles. The number of amides is 3. The van der Waals surface area contributed by atoms with E-state index in [-0.39, 0.29) is 23.4 Å². The number of hydrogen-bond acceptors (Lipinski definition) is 4. The van der Waals surface area contributed by atoms with Gasteiger partial charge in [0.05, 0.1) is 0 Å². The first-order valence-electron chi connectivity index (χ1n) is 12.6. The van der Waals surface area contributed by atoms with Crippen LogP contribution in [0.15, 0.2) is 60.7 Å². The number of carbonyl (C=O) groups excluding carboxylic acids is 3. The summed E-state index contributed by atoms with van der Waals surface area (Å²) < 4.78 is 5.35. The molecule has 196 valence electrons. The van der Waals surface area contributed by atoms with E-state index in [1.165, 1.54) is 6.92 Å². The van der Waals surface area contributed by atoms with Gasteiger partial charge in [0.15, 0.2) is 0 Å². The normalized spacial score (nSPS) is 13.3. The molecule has 0 bridgehead atoms. The molecule has 0 heterocycles. The van der Waals surface area contributed by atoms with Gasteiger partial charge in [0.1, 0.15) is 13.7 Å². The van der Waals surface area contributed by atoms with Gasteiger partial charge in [-0.3, -0.25) is 9.59 Å². The van der Waals surface area contributed by atoms with Crippen molar-refractivity contribution in [2.24, 2.45) is 5.92 Å². The van der Waals surface area contributed by atoms with Crippen LogP contribution in [0, 0.1) is 5.92 Å². The van der Waals surface area contributed by atoms with E-state index in [0.29, 0.717) is 25.4 Å². The molecular formula is C28H41N3O4Si. The summed E-state index contributed by atoms with van der Waals surface area (Å²) in [5.41, 5.74) is -0.756. The molecule has 3 amide bonds. The van der Waals surface area contributed by atoms with E-state index in [9.17, 15) is 14.4 Å². The number of hydrogen-bond donors (Lipinski definition) is 3. The molecule has 3 N–H and O–H groups in total. The first-order chi connectivity index (χ1) is 17.0. The largest absolute Gasteiger partial charge is 0.444 e. The number of rotatable bonds is 11. The van der Waals surface area contributed by atoms with Gasteiger partial charge in [-0.25, -0.2) is 4.79 Å². The van der Waals surface area contributed by atoms with Gasteiger partial charge in [-0.15, -0.1) is 0 Å². The van der Waals surface area contributed by atoms with Crippen LogP contribution in [0.5, 0.6) is 0 Å². The lowest BCUT2D eigenvalue weighted by molar-refractivity contribution is -0.123. The van der Waals surface area contributed by atoms with Gasteiger partial charge in [-0.05, 0) is 39.7 Å². The predicted molar refractivity (Wildman–Crippen MR) is 147 cm³/mol. The van der Waals surface area contributed by atoms with Crippen LogP contribution in [0.3, 0.4) is 0 Å². The van der Waals surface area contributed by atoms with E-state index in [4.69, 9.17) is 4.74 Å². The summed E-state index contributed by atoms with van der Waals surface area (Å²) in [4.78, 5) is 37.3. The molecule has 8 heteroatoms. The molecule has 0 radical (unpaired) electrons. The van der Waals surface area contributed by atoms with Gasteiger partial charge in [0.25, 0.3) is 0 Å². The Morgan fingerprint density at radius 2 is 1.47 bits per heavy atom. The van der Waals surface area contributed by atoms with Crippen LogP contribution in [0.1, 0.15) is 47.5 Å². The average Bonchev–Trinajstić information content (AvgIpc) is 2.83. The van der Waals surface area contributed by atoms with Crippen LogP contribution < -0.4 is 26.3 Å². The molecule has 0 aliphatic carbocycles. The molecule has 0 aliphatic heterocycles. The monoisotopic (exact) mass is 511 g/mol. The van der Waals surface area contributed by atoms with Crippen molar-refractivity contribution in [3.05, 3.63) is 60.7 Å². The highest BCUT2D eigenvalue weighted by atomic mass is 28.3. The van der Waals surface area contributed by atoms with Crippen molar-refractivity contribution in [3.63, 3.8) is 0 Å². The maximum atomic E-state index is 12.7. The van der Waals surface area contributed by atoms with Gasteiger partial charge in [-0.1, -0.05) is 78.0 Å². The lowest BCUT2D eigenvalue weighted by Gasteiger charge is -2.42. The summed E-state index contributed by atoms with van der Waals surface area (Å²) >= 11 is 0. The molecule has 0 saturated carbocycles. The summed E-state index contributed by atoms with van der Waals surface area (Å²) in [6, 6.07) is 21.1. The molecule has 2 aromatic rings. The van der Waals surface area contributed by atoms with Crippen molar-refractivity contribution in [3.8, 4) is 0 Å². The second-order valence-electron chi connectivity index (χ2n) is 10.2. The lowest BCUT2D eigenvalue weighted by Crippen LogP contribution is -2.71. The summed E-state index contributed by atoms with van der Waals surface area (Å²) in [7, 11) is -1.08. The minimum atomic E-state index is -2.73. The number of nitrogens with one attached hydrogen (secondary N) is 3. The number of ether oxygens (including phenoxy) is 1. The number of carbonyl (C=O) groups is 3. The van der Waals surface area contributed by atoms with Crippen LogP contribution >= 0.6 is 0 Å². The molecule has 2 aromatic carbocycles. The molecule has 2 rings (SSSR count). The van der Waals surface area contributed by atoms with Crippen LogP contribution in [-0.4, -0.2) is 50.8 Å². The van der Waals surface area contributed by atoms with Crippen LogP contribution in [-0.2, 0) is 14.3 Å². The van der Waals surface area contributed by atoms with E-state index in [1.54, 1.807) is 7.05 Å². The van der Waals surface area contributed by atoms with E-state index < -0.39 is 19.8 Å². The van der Waals surface area contributed by atoms with Gasteiger partial charge >= 0.3 is 6.09 Å². The van der Waals surface area contributed by atoms with Crippen LogP contribution in [0.2, 0.25) is 6.04 Å². The zero-order chi connectivity index (χ0) is 26.8. The molecule has 0 aliphatic rings. The van der Waals surface area contributed by atoms with Crippen molar-refractivity contribution < 1.29 is 19.1 Å². The second-order valence-corrected chi connectivity index (χ2v) is 14.4. The summed E-state index contributed by atoms with van der Waals surface area (Å²) in [5.74, 6) is -0.387. The molecule has 7 nitrogen and oxygen atoms in total.